The highest BCUT2D eigenvalue weighted by Crippen LogP contribution is 2.19. The van der Waals surface area contributed by atoms with Crippen molar-refractivity contribution in [3.8, 4) is 0 Å². The molecule has 2 aliphatic rings. The average Bonchev–Trinajstić information content (AvgIpc) is 2.91. The van der Waals surface area contributed by atoms with Crippen LogP contribution in [0.3, 0.4) is 0 Å². The van der Waals surface area contributed by atoms with Crippen molar-refractivity contribution in [3.05, 3.63) is 0 Å². The lowest BCUT2D eigenvalue weighted by Gasteiger charge is -2.33. The first-order valence-corrected chi connectivity index (χ1v) is 8.24. The van der Waals surface area contributed by atoms with Gasteiger partial charge in [0.15, 0.2) is 0 Å². The molecule has 5 heteroatoms. The van der Waals surface area contributed by atoms with Crippen LogP contribution in [-0.4, -0.2) is 55.5 Å². The molecular weight excluding hydrogens is 268 g/mol. The smallest absolute Gasteiger partial charge is 0.410 e. The monoisotopic (exact) mass is 298 g/mol. The van der Waals surface area contributed by atoms with Gasteiger partial charge in [0, 0.05) is 26.2 Å². The predicted octanol–water partition coefficient (Wildman–Crippen LogP) is 2.40. The van der Waals surface area contributed by atoms with E-state index in [0.29, 0.717) is 12.0 Å². The molecule has 1 N–H and O–H groups in total. The van der Waals surface area contributed by atoms with Crippen molar-refractivity contribution in [2.24, 2.45) is 5.92 Å². The molecule has 2 fully saturated rings. The van der Waals surface area contributed by atoms with Gasteiger partial charge < -0.3 is 19.7 Å². The number of carbonyl (C=O) groups excluding carboxylic acids is 1. The number of likely N-dealkylation sites (tertiary alicyclic amines) is 1. The van der Waals surface area contributed by atoms with Crippen LogP contribution >= 0.6 is 0 Å². The summed E-state index contributed by atoms with van der Waals surface area (Å²) in [5, 5.41) is 3.52. The predicted molar refractivity (Wildman–Crippen MR) is 82.4 cm³/mol. The fourth-order valence-corrected chi connectivity index (χ4v) is 2.90. The average molecular weight is 298 g/mol. The third kappa shape index (κ3) is 5.83. The van der Waals surface area contributed by atoms with Gasteiger partial charge in [0.1, 0.15) is 5.60 Å². The van der Waals surface area contributed by atoms with Crippen LogP contribution in [0, 0.1) is 5.92 Å². The van der Waals surface area contributed by atoms with E-state index in [1.807, 2.05) is 25.7 Å². The molecular formula is C16H30N2O3. The van der Waals surface area contributed by atoms with Gasteiger partial charge in [0.2, 0.25) is 0 Å². The molecule has 5 nitrogen and oxygen atoms in total. The Labute approximate surface area is 128 Å². The first-order chi connectivity index (χ1) is 9.94. The molecule has 122 valence electrons. The van der Waals surface area contributed by atoms with Crippen molar-refractivity contribution in [2.75, 3.05) is 32.8 Å². The van der Waals surface area contributed by atoms with Gasteiger partial charge in [-0.15, -0.1) is 0 Å². The van der Waals surface area contributed by atoms with Crippen molar-refractivity contribution in [1.29, 1.82) is 0 Å². The van der Waals surface area contributed by atoms with Crippen molar-refractivity contribution in [3.63, 3.8) is 0 Å². The molecule has 0 aromatic carbocycles. The molecule has 0 aromatic heterocycles. The first kappa shape index (κ1) is 16.6. The molecule has 2 saturated heterocycles. The van der Waals surface area contributed by atoms with Gasteiger partial charge in [-0.1, -0.05) is 0 Å². The van der Waals surface area contributed by atoms with Crippen molar-refractivity contribution >= 4 is 6.09 Å². The molecule has 1 unspecified atom stereocenters. The van der Waals surface area contributed by atoms with E-state index < -0.39 is 5.60 Å². The topological polar surface area (TPSA) is 50.8 Å². The van der Waals surface area contributed by atoms with Crippen LogP contribution < -0.4 is 5.32 Å². The molecule has 1 amide bonds. The summed E-state index contributed by atoms with van der Waals surface area (Å²) in [7, 11) is 0. The maximum atomic E-state index is 12.0. The molecule has 0 aliphatic carbocycles. The summed E-state index contributed by atoms with van der Waals surface area (Å²) in [5.74, 6) is 0.657. The lowest BCUT2D eigenvalue weighted by atomic mass is 9.97. The highest BCUT2D eigenvalue weighted by atomic mass is 16.6. The van der Waals surface area contributed by atoms with E-state index in [1.54, 1.807) is 0 Å². The number of carbonyl (C=O) groups is 1. The number of hydrogen-bond donors (Lipinski definition) is 1. The zero-order valence-electron chi connectivity index (χ0n) is 13.7. The molecule has 21 heavy (non-hydrogen) atoms. The minimum Gasteiger partial charge on any atom is -0.444 e. The van der Waals surface area contributed by atoms with Gasteiger partial charge >= 0.3 is 6.09 Å². The van der Waals surface area contributed by atoms with E-state index in [-0.39, 0.29) is 6.09 Å². The molecule has 0 bridgehead atoms. The van der Waals surface area contributed by atoms with Gasteiger partial charge in [-0.2, -0.15) is 0 Å². The second kappa shape index (κ2) is 7.45. The maximum absolute atomic E-state index is 12.0. The van der Waals surface area contributed by atoms with Gasteiger partial charge in [-0.25, -0.2) is 4.79 Å². The number of hydrogen-bond acceptors (Lipinski definition) is 4. The molecule has 0 spiro atoms. The van der Waals surface area contributed by atoms with Gasteiger partial charge in [0.25, 0.3) is 0 Å². The van der Waals surface area contributed by atoms with Gasteiger partial charge in [-0.05, 0) is 58.9 Å². The van der Waals surface area contributed by atoms with Crippen LogP contribution in [0.1, 0.15) is 46.5 Å². The highest BCUT2D eigenvalue weighted by molar-refractivity contribution is 5.68. The SMILES string of the molecule is CC(C)(C)OC(=O)N1CCC(CNCC2CCCO2)CC1. The van der Waals surface area contributed by atoms with E-state index in [1.165, 1.54) is 12.8 Å². The van der Waals surface area contributed by atoms with Crippen LogP contribution in [0.2, 0.25) is 0 Å². The van der Waals surface area contributed by atoms with Crippen molar-refractivity contribution in [1.82, 2.24) is 10.2 Å². The maximum Gasteiger partial charge on any atom is 0.410 e. The molecule has 2 heterocycles. The molecule has 0 saturated carbocycles. The van der Waals surface area contributed by atoms with Crippen molar-refractivity contribution in [2.45, 2.75) is 58.2 Å². The molecule has 2 aliphatic heterocycles. The largest absolute Gasteiger partial charge is 0.444 e. The Bertz CT molecular complexity index is 327. The fraction of sp³-hybridized carbons (Fsp3) is 0.938. The second-order valence-corrected chi connectivity index (χ2v) is 7.20. The Morgan fingerprint density at radius 2 is 1.95 bits per heavy atom. The van der Waals surface area contributed by atoms with Crippen molar-refractivity contribution < 1.29 is 14.3 Å². The summed E-state index contributed by atoms with van der Waals surface area (Å²) < 4.78 is 11.0. The summed E-state index contributed by atoms with van der Waals surface area (Å²) in [6.45, 7) is 10.3. The highest BCUT2D eigenvalue weighted by Gasteiger charge is 2.26. The molecule has 2 rings (SSSR count). The summed E-state index contributed by atoms with van der Waals surface area (Å²) >= 11 is 0. The Hall–Kier alpha value is -0.810. The lowest BCUT2D eigenvalue weighted by Crippen LogP contribution is -2.43. The Morgan fingerprint density at radius 3 is 2.52 bits per heavy atom. The Kier molecular flexibility index (Phi) is 5.88. The van der Waals surface area contributed by atoms with E-state index in [4.69, 9.17) is 9.47 Å². The molecule has 0 radical (unpaired) electrons. The van der Waals surface area contributed by atoms with E-state index >= 15 is 0 Å². The summed E-state index contributed by atoms with van der Waals surface area (Å²) in [6.07, 6.45) is 4.72. The molecule has 1 atom stereocenters. The van der Waals surface area contributed by atoms with E-state index in [2.05, 4.69) is 5.32 Å². The number of amides is 1. The zero-order valence-corrected chi connectivity index (χ0v) is 13.7. The van der Waals surface area contributed by atoms with Crippen LogP contribution in [0.4, 0.5) is 4.79 Å². The third-order valence-electron chi connectivity index (χ3n) is 4.10. The minimum atomic E-state index is -0.406. The Balaban J connectivity index is 1.60. The third-order valence-corrected chi connectivity index (χ3v) is 4.10. The van der Waals surface area contributed by atoms with Crippen LogP contribution in [0.5, 0.6) is 0 Å². The van der Waals surface area contributed by atoms with E-state index in [0.717, 1.165) is 45.6 Å². The zero-order chi connectivity index (χ0) is 15.3. The quantitative estimate of drug-likeness (QED) is 0.866. The lowest BCUT2D eigenvalue weighted by molar-refractivity contribution is 0.0183. The van der Waals surface area contributed by atoms with Crippen LogP contribution in [-0.2, 0) is 9.47 Å². The molecule has 0 aromatic rings. The second-order valence-electron chi connectivity index (χ2n) is 7.20. The summed E-state index contributed by atoms with van der Waals surface area (Å²) in [5.41, 5.74) is -0.406. The normalized spacial score (nSPS) is 24.3. The van der Waals surface area contributed by atoms with Crippen LogP contribution in [0.15, 0.2) is 0 Å². The fourth-order valence-electron chi connectivity index (χ4n) is 2.90. The van der Waals surface area contributed by atoms with Crippen LogP contribution in [0.25, 0.3) is 0 Å². The number of nitrogens with one attached hydrogen (secondary N) is 1. The number of piperidine rings is 1. The number of rotatable bonds is 4. The first-order valence-electron chi connectivity index (χ1n) is 8.24. The number of nitrogens with zero attached hydrogens (tertiary/aromatic N) is 1. The standard InChI is InChI=1S/C16H30N2O3/c1-16(2,3)21-15(19)18-8-6-13(7-9-18)11-17-12-14-5-4-10-20-14/h13-14,17H,4-12H2,1-3H3. The summed E-state index contributed by atoms with van der Waals surface area (Å²) in [6, 6.07) is 0. The summed E-state index contributed by atoms with van der Waals surface area (Å²) in [4.78, 5) is 13.8. The van der Waals surface area contributed by atoms with Gasteiger partial charge in [0.05, 0.1) is 6.10 Å². The van der Waals surface area contributed by atoms with Gasteiger partial charge in [-0.3, -0.25) is 0 Å². The van der Waals surface area contributed by atoms with E-state index in [9.17, 15) is 4.79 Å². The number of ether oxygens (including phenoxy) is 2. The minimum absolute atomic E-state index is 0.173. The Morgan fingerprint density at radius 1 is 1.24 bits per heavy atom.